The van der Waals surface area contributed by atoms with Gasteiger partial charge in [0.1, 0.15) is 23.7 Å². The molecular formula is C40H51N5O5. The van der Waals surface area contributed by atoms with Gasteiger partial charge in [0.25, 0.3) is 0 Å². The molecule has 3 aromatic rings. The number of phenolic OH excluding ortho intramolecular Hbond substituents is 1. The van der Waals surface area contributed by atoms with Crippen LogP contribution in [0.25, 0.3) is 0 Å². The summed E-state index contributed by atoms with van der Waals surface area (Å²) >= 11 is 0. The number of hydrogen-bond donors (Lipinski definition) is 2. The topological polar surface area (TPSA) is 106 Å². The monoisotopic (exact) mass is 681 g/mol. The van der Waals surface area contributed by atoms with Gasteiger partial charge in [-0.15, -0.1) is 6.58 Å². The van der Waals surface area contributed by atoms with Gasteiger partial charge in [0.15, 0.2) is 0 Å². The molecule has 2 aliphatic heterocycles. The molecule has 5 rings (SSSR count). The Balaban J connectivity index is 1.59. The number of nitrogens with zero attached hydrogens (tertiary/aromatic N) is 4. The molecule has 10 nitrogen and oxygen atoms in total. The molecule has 2 N–H and O–H groups in total. The highest BCUT2D eigenvalue weighted by Crippen LogP contribution is 2.40. The minimum Gasteiger partial charge on any atom is -0.508 e. The Labute approximate surface area is 296 Å². The molecule has 2 atom stereocenters. The van der Waals surface area contributed by atoms with Gasteiger partial charge in [-0.1, -0.05) is 96.1 Å². The van der Waals surface area contributed by atoms with Crippen LogP contribution in [0.2, 0.25) is 0 Å². The summed E-state index contributed by atoms with van der Waals surface area (Å²) in [5.74, 6) is 0.369. The Hall–Kier alpha value is -4.83. The highest BCUT2D eigenvalue weighted by molar-refractivity contribution is 5.91. The van der Waals surface area contributed by atoms with E-state index in [0.717, 1.165) is 33.6 Å². The Morgan fingerprint density at radius 1 is 0.980 bits per heavy atom. The summed E-state index contributed by atoms with van der Waals surface area (Å²) in [5, 5.41) is 16.3. The Bertz CT molecular complexity index is 1710. The molecular weight excluding hydrogens is 630 g/mol. The van der Waals surface area contributed by atoms with E-state index in [1.54, 1.807) is 57.3 Å². The summed E-state index contributed by atoms with van der Waals surface area (Å²) < 4.78 is 6.07. The van der Waals surface area contributed by atoms with Crippen molar-refractivity contribution in [1.82, 2.24) is 25.1 Å². The highest BCUT2D eigenvalue weighted by atomic mass is 16.5. The van der Waals surface area contributed by atoms with Gasteiger partial charge in [-0.25, -0.2) is 14.8 Å². The van der Waals surface area contributed by atoms with Crippen LogP contribution in [-0.4, -0.2) is 81.7 Å². The first-order chi connectivity index (χ1) is 23.6. The molecule has 0 aliphatic carbocycles. The van der Waals surface area contributed by atoms with Crippen molar-refractivity contribution in [3.05, 3.63) is 107 Å². The van der Waals surface area contributed by atoms with Crippen molar-refractivity contribution in [2.24, 2.45) is 0 Å². The van der Waals surface area contributed by atoms with E-state index in [0.29, 0.717) is 6.54 Å². The lowest BCUT2D eigenvalue weighted by atomic mass is 9.78. The van der Waals surface area contributed by atoms with E-state index in [1.807, 2.05) is 30.3 Å². The van der Waals surface area contributed by atoms with E-state index in [2.05, 4.69) is 65.6 Å². The molecule has 0 aromatic heterocycles. The third-order valence-electron chi connectivity index (χ3n) is 9.44. The number of carbonyl (C=O) groups is 3. The first-order valence-electron chi connectivity index (χ1n) is 17.2. The zero-order chi connectivity index (χ0) is 36.4. The van der Waals surface area contributed by atoms with E-state index in [4.69, 9.17) is 4.74 Å². The molecule has 2 heterocycles. The van der Waals surface area contributed by atoms with Gasteiger partial charge < -0.3 is 25.0 Å². The van der Waals surface area contributed by atoms with E-state index in [1.165, 1.54) is 0 Å². The fourth-order valence-electron chi connectivity index (χ4n) is 6.80. The number of carbonyl (C=O) groups excluding carboxylic acids is 3. The summed E-state index contributed by atoms with van der Waals surface area (Å²) in [6.45, 7) is 17.6. The number of urea groups is 1. The van der Waals surface area contributed by atoms with Crippen LogP contribution in [0, 0.1) is 0 Å². The number of aromatic hydroxyl groups is 1. The minimum atomic E-state index is -0.889. The van der Waals surface area contributed by atoms with Crippen molar-refractivity contribution in [2.45, 2.75) is 84.1 Å². The summed E-state index contributed by atoms with van der Waals surface area (Å²) in [4.78, 5) is 46.1. The van der Waals surface area contributed by atoms with Crippen LogP contribution in [0.4, 0.5) is 4.79 Å². The lowest BCUT2D eigenvalue weighted by molar-refractivity contribution is -0.189. The second-order valence-electron chi connectivity index (χ2n) is 15.2. The number of fused-ring (bicyclic) bond motifs is 1. The van der Waals surface area contributed by atoms with Crippen molar-refractivity contribution < 1.29 is 24.2 Å². The molecule has 3 aromatic carbocycles. The van der Waals surface area contributed by atoms with Crippen LogP contribution < -0.4 is 10.1 Å². The number of rotatable bonds is 9. The lowest BCUT2D eigenvalue weighted by Crippen LogP contribution is -2.76. The zero-order valence-corrected chi connectivity index (χ0v) is 30.4. The van der Waals surface area contributed by atoms with Crippen LogP contribution in [0.5, 0.6) is 11.5 Å². The average Bonchev–Trinajstić information content (AvgIpc) is 3.06. The third-order valence-corrected chi connectivity index (χ3v) is 9.44. The molecule has 10 heteroatoms. The molecule has 0 saturated carbocycles. The number of hydrazine groups is 1. The summed E-state index contributed by atoms with van der Waals surface area (Å²) in [6, 6.07) is 19.3. The van der Waals surface area contributed by atoms with Crippen LogP contribution in [0.1, 0.15) is 69.4 Å². The van der Waals surface area contributed by atoms with Gasteiger partial charge in [0.2, 0.25) is 11.8 Å². The quantitative estimate of drug-likeness (QED) is 0.280. The van der Waals surface area contributed by atoms with E-state index in [9.17, 15) is 19.5 Å². The van der Waals surface area contributed by atoms with Gasteiger partial charge in [0.05, 0.1) is 20.2 Å². The van der Waals surface area contributed by atoms with E-state index < -0.39 is 12.2 Å². The molecule has 50 heavy (non-hydrogen) atoms. The number of benzene rings is 3. The summed E-state index contributed by atoms with van der Waals surface area (Å²) in [5.41, 5.74) is 4.34. The SMILES string of the molecule is C=CCN1CC(=O)N2C(Cc3ccc(O)cc3)C(=O)N(Cc3cc(C(C)(C)C)cc(C(C)(C)C)c3OC)CC2N1C(=O)NCc1ccccc1. The van der Waals surface area contributed by atoms with Gasteiger partial charge in [-0.05, 0) is 45.7 Å². The van der Waals surface area contributed by atoms with Crippen molar-refractivity contribution >= 4 is 17.8 Å². The Morgan fingerprint density at radius 2 is 1.66 bits per heavy atom. The maximum absolute atomic E-state index is 14.7. The molecule has 4 amide bonds. The molecule has 2 saturated heterocycles. The maximum atomic E-state index is 14.7. The highest BCUT2D eigenvalue weighted by Gasteiger charge is 2.51. The molecule has 0 bridgehead atoms. The molecule has 2 fully saturated rings. The molecule has 2 unspecified atom stereocenters. The van der Waals surface area contributed by atoms with E-state index in [-0.39, 0.29) is 67.0 Å². The lowest BCUT2D eigenvalue weighted by Gasteiger charge is -2.55. The van der Waals surface area contributed by atoms with Crippen LogP contribution in [-0.2, 0) is 39.9 Å². The van der Waals surface area contributed by atoms with E-state index >= 15 is 0 Å². The zero-order valence-electron chi connectivity index (χ0n) is 30.4. The van der Waals surface area contributed by atoms with Crippen molar-refractivity contribution in [3.8, 4) is 11.5 Å². The van der Waals surface area contributed by atoms with Crippen molar-refractivity contribution in [3.63, 3.8) is 0 Å². The normalized spacial score (nSPS) is 18.6. The van der Waals surface area contributed by atoms with Crippen LogP contribution in [0.3, 0.4) is 0 Å². The molecule has 0 radical (unpaired) electrons. The van der Waals surface area contributed by atoms with Crippen molar-refractivity contribution in [1.29, 1.82) is 0 Å². The van der Waals surface area contributed by atoms with Gasteiger partial charge >= 0.3 is 6.03 Å². The first kappa shape index (κ1) is 36.5. The average molecular weight is 682 g/mol. The number of methoxy groups -OCH3 is 1. The number of phenols is 1. The van der Waals surface area contributed by atoms with Crippen LogP contribution in [0.15, 0.2) is 79.4 Å². The Morgan fingerprint density at radius 3 is 2.26 bits per heavy atom. The molecule has 2 aliphatic rings. The standard InChI is InChI=1S/C40H51N5O5/c1-9-19-43-26-35(47)44-33(20-27-15-17-31(46)18-16-27)37(48)42(25-34(44)45(43)38(49)41-23-28-13-11-10-12-14-28)24-29-21-30(39(2,3)4)22-32(36(29)50-8)40(5,6)7/h9-18,21-22,33-34,46H,1,19-20,23-26H2,2-8H3,(H,41,49). The predicted molar refractivity (Wildman–Crippen MR) is 194 cm³/mol. The smallest absolute Gasteiger partial charge is 0.334 e. The molecule has 266 valence electrons. The van der Waals surface area contributed by atoms with Crippen LogP contribution >= 0.6 is 0 Å². The fraction of sp³-hybridized carbons (Fsp3) is 0.425. The summed E-state index contributed by atoms with van der Waals surface area (Å²) in [7, 11) is 1.66. The largest absolute Gasteiger partial charge is 0.508 e. The van der Waals surface area contributed by atoms with Gasteiger partial charge in [-0.2, -0.15) is 0 Å². The number of ether oxygens (including phenoxy) is 1. The number of amides is 4. The Kier molecular flexibility index (Phi) is 10.6. The molecule has 0 spiro atoms. The number of piperazine rings is 1. The second-order valence-corrected chi connectivity index (χ2v) is 15.2. The fourth-order valence-corrected chi connectivity index (χ4v) is 6.80. The van der Waals surface area contributed by atoms with Gasteiger partial charge in [-0.3, -0.25) is 9.59 Å². The predicted octanol–water partition coefficient (Wildman–Crippen LogP) is 5.73. The third kappa shape index (κ3) is 7.81. The number of nitrogens with one attached hydrogen (secondary N) is 1. The summed E-state index contributed by atoms with van der Waals surface area (Å²) in [6.07, 6.45) is 1.09. The first-order valence-corrected chi connectivity index (χ1v) is 17.2. The number of hydrogen-bond acceptors (Lipinski definition) is 6. The van der Waals surface area contributed by atoms with Gasteiger partial charge in [0, 0.05) is 37.2 Å². The maximum Gasteiger partial charge on any atom is 0.334 e. The minimum absolute atomic E-state index is 0.0863. The van der Waals surface area contributed by atoms with Crippen molar-refractivity contribution in [2.75, 3.05) is 26.7 Å². The second kappa shape index (κ2) is 14.6.